The minimum Gasteiger partial charge on any atom is -0.329 e. The normalized spacial score (nSPS) is 17.7. The van der Waals surface area contributed by atoms with Crippen molar-refractivity contribution in [1.29, 1.82) is 0 Å². The summed E-state index contributed by atoms with van der Waals surface area (Å²) in [5.41, 5.74) is 0.870. The van der Waals surface area contributed by atoms with Gasteiger partial charge in [-0.2, -0.15) is 13.2 Å². The van der Waals surface area contributed by atoms with Crippen LogP contribution in [0.15, 0.2) is 29.2 Å². The van der Waals surface area contributed by atoms with Crippen molar-refractivity contribution >= 4 is 23.4 Å². The van der Waals surface area contributed by atoms with E-state index < -0.39 is 10.9 Å². The molecule has 0 heterocycles. The quantitative estimate of drug-likeness (QED) is 0.831. The fourth-order valence-electron chi connectivity index (χ4n) is 2.61. The van der Waals surface area contributed by atoms with Gasteiger partial charge in [-0.25, -0.2) is 0 Å². The highest BCUT2D eigenvalue weighted by molar-refractivity contribution is 8.00. The standard InChI is InChI=1S/C14H17F3N2OS/c15-14(16,17)21-11-6-2-1-5-10(11)19-12(20)13(9-18)7-3-4-8-13/h1-2,5-6H,3-4,7-9,18H2,(H,19,20). The zero-order valence-corrected chi connectivity index (χ0v) is 12.2. The molecule has 1 saturated carbocycles. The first-order chi connectivity index (χ1) is 9.86. The third kappa shape index (κ3) is 3.91. The SMILES string of the molecule is NCC1(C(=O)Nc2ccccc2SC(F)(F)F)CCCC1. The second-order valence-electron chi connectivity index (χ2n) is 5.19. The van der Waals surface area contributed by atoms with Gasteiger partial charge in [0.15, 0.2) is 0 Å². The monoisotopic (exact) mass is 318 g/mol. The number of rotatable bonds is 4. The van der Waals surface area contributed by atoms with Crippen LogP contribution in [0, 0.1) is 5.41 Å². The molecule has 1 aromatic rings. The highest BCUT2D eigenvalue weighted by Gasteiger charge is 2.40. The minimum atomic E-state index is -4.39. The van der Waals surface area contributed by atoms with Crippen LogP contribution in [-0.4, -0.2) is 18.0 Å². The fraction of sp³-hybridized carbons (Fsp3) is 0.500. The summed E-state index contributed by atoms with van der Waals surface area (Å²) in [4.78, 5) is 12.4. The van der Waals surface area contributed by atoms with E-state index in [4.69, 9.17) is 5.73 Å². The molecule has 0 atom stereocenters. The summed E-state index contributed by atoms with van der Waals surface area (Å²) >= 11 is -0.228. The highest BCUT2D eigenvalue weighted by Crippen LogP contribution is 2.42. The molecule has 0 aliphatic heterocycles. The Morgan fingerprint density at radius 2 is 1.90 bits per heavy atom. The maximum atomic E-state index is 12.5. The number of hydrogen-bond donors (Lipinski definition) is 2. The van der Waals surface area contributed by atoms with Crippen molar-refractivity contribution in [3.63, 3.8) is 0 Å². The van der Waals surface area contributed by atoms with Crippen LogP contribution in [0.25, 0.3) is 0 Å². The largest absolute Gasteiger partial charge is 0.446 e. The third-order valence-corrected chi connectivity index (χ3v) is 4.60. The molecular weight excluding hydrogens is 301 g/mol. The van der Waals surface area contributed by atoms with Crippen LogP contribution in [0.4, 0.5) is 18.9 Å². The van der Waals surface area contributed by atoms with Gasteiger partial charge < -0.3 is 11.1 Å². The van der Waals surface area contributed by atoms with E-state index in [0.29, 0.717) is 12.8 Å². The Morgan fingerprint density at radius 1 is 1.29 bits per heavy atom. The summed E-state index contributed by atoms with van der Waals surface area (Å²) in [5, 5.41) is 2.63. The van der Waals surface area contributed by atoms with Gasteiger partial charge in [-0.05, 0) is 36.7 Å². The number of carbonyl (C=O) groups excluding carboxylic acids is 1. The van der Waals surface area contributed by atoms with E-state index in [0.717, 1.165) is 12.8 Å². The lowest BCUT2D eigenvalue weighted by Crippen LogP contribution is -2.40. The van der Waals surface area contributed by atoms with Crippen molar-refractivity contribution in [3.8, 4) is 0 Å². The van der Waals surface area contributed by atoms with Gasteiger partial charge in [-0.3, -0.25) is 4.79 Å². The van der Waals surface area contributed by atoms with E-state index in [1.165, 1.54) is 18.2 Å². The van der Waals surface area contributed by atoms with E-state index in [2.05, 4.69) is 5.32 Å². The average molecular weight is 318 g/mol. The lowest BCUT2D eigenvalue weighted by atomic mass is 9.85. The Morgan fingerprint density at radius 3 is 2.48 bits per heavy atom. The molecule has 1 aromatic carbocycles. The molecule has 1 fully saturated rings. The van der Waals surface area contributed by atoms with Gasteiger partial charge in [-0.1, -0.05) is 25.0 Å². The number of halogens is 3. The smallest absolute Gasteiger partial charge is 0.329 e. The van der Waals surface area contributed by atoms with E-state index in [1.54, 1.807) is 6.07 Å². The first-order valence-electron chi connectivity index (χ1n) is 6.73. The molecule has 0 spiro atoms. The van der Waals surface area contributed by atoms with Crippen LogP contribution in [0.3, 0.4) is 0 Å². The van der Waals surface area contributed by atoms with Gasteiger partial charge in [0.25, 0.3) is 0 Å². The number of thioether (sulfide) groups is 1. The molecule has 0 unspecified atom stereocenters. The number of benzene rings is 1. The van der Waals surface area contributed by atoms with E-state index in [9.17, 15) is 18.0 Å². The van der Waals surface area contributed by atoms with Crippen molar-refractivity contribution in [3.05, 3.63) is 24.3 Å². The molecule has 0 bridgehead atoms. The van der Waals surface area contributed by atoms with Crippen LogP contribution >= 0.6 is 11.8 Å². The lowest BCUT2D eigenvalue weighted by Gasteiger charge is -2.26. The highest BCUT2D eigenvalue weighted by atomic mass is 32.2. The van der Waals surface area contributed by atoms with Gasteiger partial charge in [0.1, 0.15) is 0 Å². The van der Waals surface area contributed by atoms with E-state index in [1.807, 2.05) is 0 Å². The van der Waals surface area contributed by atoms with Crippen LogP contribution in [0.5, 0.6) is 0 Å². The number of hydrogen-bond acceptors (Lipinski definition) is 3. The first-order valence-corrected chi connectivity index (χ1v) is 7.54. The predicted molar refractivity (Wildman–Crippen MR) is 76.9 cm³/mol. The summed E-state index contributed by atoms with van der Waals surface area (Å²) < 4.78 is 37.6. The van der Waals surface area contributed by atoms with Gasteiger partial charge in [0, 0.05) is 11.4 Å². The molecule has 1 aliphatic carbocycles. The summed E-state index contributed by atoms with van der Waals surface area (Å²) in [6.07, 6.45) is 3.21. The predicted octanol–water partition coefficient (Wildman–Crippen LogP) is 3.76. The number of amides is 1. The molecule has 7 heteroatoms. The number of nitrogens with two attached hydrogens (primary N) is 1. The van der Waals surface area contributed by atoms with Crippen molar-refractivity contribution in [2.24, 2.45) is 11.1 Å². The zero-order chi connectivity index (χ0) is 15.5. The third-order valence-electron chi connectivity index (χ3n) is 3.79. The van der Waals surface area contributed by atoms with Gasteiger partial charge in [0.05, 0.1) is 11.1 Å². The van der Waals surface area contributed by atoms with Crippen LogP contribution < -0.4 is 11.1 Å². The molecule has 2 rings (SSSR count). The van der Waals surface area contributed by atoms with E-state index in [-0.39, 0.29) is 34.8 Å². The maximum Gasteiger partial charge on any atom is 0.446 e. The number of alkyl halides is 3. The molecule has 1 amide bonds. The second kappa shape index (κ2) is 6.27. The molecular formula is C14H17F3N2OS. The Labute approximate surface area is 125 Å². The summed E-state index contributed by atoms with van der Waals surface area (Å²) in [5.74, 6) is -0.280. The second-order valence-corrected chi connectivity index (χ2v) is 6.30. The van der Waals surface area contributed by atoms with Crippen molar-refractivity contribution in [2.45, 2.75) is 36.1 Å². The Hall–Kier alpha value is -1.21. The Balaban J connectivity index is 2.17. The molecule has 21 heavy (non-hydrogen) atoms. The molecule has 0 aromatic heterocycles. The molecule has 3 N–H and O–H groups in total. The lowest BCUT2D eigenvalue weighted by molar-refractivity contribution is -0.124. The van der Waals surface area contributed by atoms with Crippen LogP contribution in [0.2, 0.25) is 0 Å². The van der Waals surface area contributed by atoms with Crippen molar-refractivity contribution in [1.82, 2.24) is 0 Å². The number of carbonyl (C=O) groups is 1. The fourth-order valence-corrected chi connectivity index (χ4v) is 3.24. The molecule has 1 aliphatic rings. The molecule has 3 nitrogen and oxygen atoms in total. The zero-order valence-electron chi connectivity index (χ0n) is 11.4. The maximum absolute atomic E-state index is 12.5. The van der Waals surface area contributed by atoms with Gasteiger partial charge in [0.2, 0.25) is 5.91 Å². The van der Waals surface area contributed by atoms with Crippen LogP contribution in [-0.2, 0) is 4.79 Å². The van der Waals surface area contributed by atoms with Crippen LogP contribution in [0.1, 0.15) is 25.7 Å². The van der Waals surface area contributed by atoms with Gasteiger partial charge >= 0.3 is 5.51 Å². The van der Waals surface area contributed by atoms with E-state index >= 15 is 0 Å². The van der Waals surface area contributed by atoms with Crippen molar-refractivity contribution in [2.75, 3.05) is 11.9 Å². The summed E-state index contributed by atoms with van der Waals surface area (Å²) in [7, 11) is 0. The van der Waals surface area contributed by atoms with Gasteiger partial charge in [-0.15, -0.1) is 0 Å². The Bertz CT molecular complexity index is 513. The number of nitrogens with one attached hydrogen (secondary N) is 1. The topological polar surface area (TPSA) is 55.1 Å². The molecule has 0 radical (unpaired) electrons. The first kappa shape index (κ1) is 16.2. The number of anilines is 1. The summed E-state index contributed by atoms with van der Waals surface area (Å²) in [6.45, 7) is 0.216. The Kier molecular flexibility index (Phi) is 4.83. The summed E-state index contributed by atoms with van der Waals surface area (Å²) in [6, 6.07) is 5.93. The molecule has 116 valence electrons. The molecule has 0 saturated heterocycles. The minimum absolute atomic E-state index is 0.0106. The average Bonchev–Trinajstić information content (AvgIpc) is 2.89. The van der Waals surface area contributed by atoms with Crippen molar-refractivity contribution < 1.29 is 18.0 Å². The number of para-hydroxylation sites is 1.